The number of imidazole rings is 1. The number of primary amides is 1. The van der Waals surface area contributed by atoms with E-state index in [4.69, 9.17) is 15.5 Å². The standard InChI is InChI=1S/C25H31N7O2/c1-15(2)32-25(27-14-28-32)21-12-30-7-8-34-22-11-16(3-6-20(22)24(30)29-21)17-9-18-4-5-19(10-17)31(18)13-23(26)33/h3,6,11-12,14-15,17-19H,4-5,7-10,13H2,1-2H3,(H2,26,33)/t17?,18-,19?/m0/s1. The lowest BCUT2D eigenvalue weighted by Gasteiger charge is -2.38. The van der Waals surface area contributed by atoms with Gasteiger partial charge in [0.25, 0.3) is 0 Å². The molecule has 2 saturated heterocycles. The maximum atomic E-state index is 11.5. The Kier molecular flexibility index (Phi) is 5.17. The molecule has 9 heteroatoms. The van der Waals surface area contributed by atoms with Crippen molar-refractivity contribution in [2.75, 3.05) is 13.2 Å². The molecule has 0 radical (unpaired) electrons. The van der Waals surface area contributed by atoms with Crippen molar-refractivity contribution in [2.45, 2.75) is 70.1 Å². The molecule has 9 nitrogen and oxygen atoms in total. The van der Waals surface area contributed by atoms with E-state index in [1.165, 1.54) is 5.56 Å². The summed E-state index contributed by atoms with van der Waals surface area (Å²) in [4.78, 5) is 23.3. The first-order chi connectivity index (χ1) is 16.5. The van der Waals surface area contributed by atoms with Gasteiger partial charge in [0.2, 0.25) is 5.91 Å². The number of hydrogen-bond acceptors (Lipinski definition) is 6. The Morgan fingerprint density at radius 2 is 2.00 bits per heavy atom. The highest BCUT2D eigenvalue weighted by atomic mass is 16.5. The van der Waals surface area contributed by atoms with Crippen LogP contribution in [0.2, 0.25) is 0 Å². The molecule has 2 fully saturated rings. The molecule has 3 aliphatic rings. The topological polar surface area (TPSA) is 104 Å². The molecule has 3 atom stereocenters. The van der Waals surface area contributed by atoms with Gasteiger partial charge in [0.15, 0.2) is 5.82 Å². The SMILES string of the molecule is CC(C)n1ncnc1-c1cn2c(n1)-c1ccc(C3CC4CC[C@@H](C3)N4CC(N)=O)cc1OCC2. The van der Waals surface area contributed by atoms with Crippen LogP contribution in [0.5, 0.6) is 5.75 Å². The zero-order chi connectivity index (χ0) is 23.4. The summed E-state index contributed by atoms with van der Waals surface area (Å²) >= 11 is 0. The van der Waals surface area contributed by atoms with Gasteiger partial charge in [0.05, 0.1) is 18.7 Å². The average molecular weight is 462 g/mol. The van der Waals surface area contributed by atoms with Crippen LogP contribution >= 0.6 is 0 Å². The Morgan fingerprint density at radius 3 is 2.74 bits per heavy atom. The summed E-state index contributed by atoms with van der Waals surface area (Å²) in [6, 6.07) is 7.69. The number of piperidine rings is 1. The number of aromatic nitrogens is 5. The molecule has 2 N–H and O–H groups in total. The maximum Gasteiger partial charge on any atom is 0.231 e. The first kappa shape index (κ1) is 21.3. The summed E-state index contributed by atoms with van der Waals surface area (Å²) in [6.45, 7) is 5.89. The zero-order valence-electron chi connectivity index (χ0n) is 19.7. The van der Waals surface area contributed by atoms with Crippen LogP contribution in [0.25, 0.3) is 22.9 Å². The van der Waals surface area contributed by atoms with E-state index in [0.29, 0.717) is 31.2 Å². The number of hydrogen-bond donors (Lipinski definition) is 1. The summed E-state index contributed by atoms with van der Waals surface area (Å²) in [5.74, 6) is 2.83. The van der Waals surface area contributed by atoms with E-state index < -0.39 is 0 Å². The van der Waals surface area contributed by atoms with E-state index in [9.17, 15) is 4.79 Å². The number of carbonyl (C=O) groups excluding carboxylic acids is 1. The largest absolute Gasteiger partial charge is 0.491 e. The van der Waals surface area contributed by atoms with Crippen molar-refractivity contribution in [3.8, 4) is 28.7 Å². The number of carbonyl (C=O) groups is 1. The molecule has 2 aromatic heterocycles. The predicted molar refractivity (Wildman–Crippen MR) is 127 cm³/mol. The smallest absolute Gasteiger partial charge is 0.231 e. The van der Waals surface area contributed by atoms with Crippen molar-refractivity contribution in [1.29, 1.82) is 0 Å². The first-order valence-corrected chi connectivity index (χ1v) is 12.3. The van der Waals surface area contributed by atoms with Gasteiger partial charge in [-0.05, 0) is 63.1 Å². The van der Waals surface area contributed by atoms with E-state index >= 15 is 0 Å². The van der Waals surface area contributed by atoms with E-state index in [2.05, 4.69) is 57.8 Å². The van der Waals surface area contributed by atoms with Crippen molar-refractivity contribution in [3.05, 3.63) is 36.3 Å². The fourth-order valence-electron chi connectivity index (χ4n) is 6.06. The molecule has 0 saturated carbocycles. The number of amides is 1. The molecule has 1 amide bonds. The quantitative estimate of drug-likeness (QED) is 0.626. The summed E-state index contributed by atoms with van der Waals surface area (Å²) in [5.41, 5.74) is 8.65. The molecule has 2 unspecified atom stereocenters. The molecule has 3 aromatic rings. The summed E-state index contributed by atoms with van der Waals surface area (Å²) in [6.07, 6.45) is 8.06. The summed E-state index contributed by atoms with van der Waals surface area (Å²) in [5, 5.41) is 4.37. The number of nitrogens with zero attached hydrogens (tertiary/aromatic N) is 6. The van der Waals surface area contributed by atoms with Crippen molar-refractivity contribution >= 4 is 5.91 Å². The zero-order valence-corrected chi connectivity index (χ0v) is 19.7. The van der Waals surface area contributed by atoms with Crippen molar-refractivity contribution in [2.24, 2.45) is 5.73 Å². The van der Waals surface area contributed by atoms with Crippen LogP contribution in [0.3, 0.4) is 0 Å². The molecule has 5 heterocycles. The second kappa shape index (κ2) is 8.23. The van der Waals surface area contributed by atoms with Crippen LogP contribution in [0, 0.1) is 0 Å². The third-order valence-electron chi connectivity index (χ3n) is 7.60. The lowest BCUT2D eigenvalue weighted by atomic mass is 9.84. The maximum absolute atomic E-state index is 11.5. The van der Waals surface area contributed by atoms with Gasteiger partial charge in [0.1, 0.15) is 30.2 Å². The Morgan fingerprint density at radius 1 is 1.21 bits per heavy atom. The molecular formula is C25H31N7O2. The van der Waals surface area contributed by atoms with Crippen LogP contribution in [0.4, 0.5) is 0 Å². The Hall–Kier alpha value is -3.20. The van der Waals surface area contributed by atoms with Crippen molar-refractivity contribution < 1.29 is 9.53 Å². The van der Waals surface area contributed by atoms with Gasteiger partial charge in [0, 0.05) is 24.3 Å². The molecule has 178 valence electrons. The van der Waals surface area contributed by atoms with Gasteiger partial charge in [-0.3, -0.25) is 9.69 Å². The third kappa shape index (κ3) is 3.58. The molecular weight excluding hydrogens is 430 g/mol. The second-order valence-corrected chi connectivity index (χ2v) is 10.1. The van der Waals surface area contributed by atoms with Gasteiger partial charge < -0.3 is 15.0 Å². The van der Waals surface area contributed by atoms with Crippen molar-refractivity contribution in [1.82, 2.24) is 29.2 Å². The number of benzene rings is 1. The van der Waals surface area contributed by atoms with Gasteiger partial charge in [-0.1, -0.05) is 6.07 Å². The van der Waals surface area contributed by atoms with E-state index in [0.717, 1.165) is 60.9 Å². The number of fused-ring (bicyclic) bond motifs is 5. The molecule has 34 heavy (non-hydrogen) atoms. The van der Waals surface area contributed by atoms with Crippen LogP contribution in [-0.2, 0) is 11.3 Å². The van der Waals surface area contributed by atoms with Crippen LogP contribution in [-0.4, -0.2) is 60.4 Å². The fraction of sp³-hybridized carbons (Fsp3) is 0.520. The lowest BCUT2D eigenvalue weighted by molar-refractivity contribution is -0.120. The highest BCUT2D eigenvalue weighted by Gasteiger charge is 2.41. The van der Waals surface area contributed by atoms with Crippen molar-refractivity contribution in [3.63, 3.8) is 0 Å². The minimum atomic E-state index is -0.227. The van der Waals surface area contributed by atoms with Gasteiger partial charge in [-0.15, -0.1) is 0 Å². The number of rotatable bonds is 5. The van der Waals surface area contributed by atoms with Gasteiger partial charge >= 0.3 is 0 Å². The molecule has 0 aliphatic carbocycles. The first-order valence-electron chi connectivity index (χ1n) is 12.3. The van der Waals surface area contributed by atoms with Gasteiger partial charge in [-0.25, -0.2) is 14.6 Å². The lowest BCUT2D eigenvalue weighted by Crippen LogP contribution is -2.46. The van der Waals surface area contributed by atoms with Crippen LogP contribution < -0.4 is 10.5 Å². The van der Waals surface area contributed by atoms with E-state index in [-0.39, 0.29) is 11.9 Å². The number of ether oxygens (including phenoxy) is 1. The molecule has 6 rings (SSSR count). The summed E-state index contributed by atoms with van der Waals surface area (Å²) in [7, 11) is 0. The molecule has 0 spiro atoms. The summed E-state index contributed by atoms with van der Waals surface area (Å²) < 4.78 is 10.3. The predicted octanol–water partition coefficient (Wildman–Crippen LogP) is 2.98. The minimum Gasteiger partial charge on any atom is -0.491 e. The highest BCUT2D eigenvalue weighted by molar-refractivity contribution is 5.76. The molecule has 3 aliphatic heterocycles. The highest BCUT2D eigenvalue weighted by Crippen LogP contribution is 2.44. The minimum absolute atomic E-state index is 0.210. The monoisotopic (exact) mass is 461 g/mol. The Bertz CT molecular complexity index is 1220. The number of nitrogens with two attached hydrogens (primary N) is 1. The Labute approximate surface area is 198 Å². The molecule has 1 aromatic carbocycles. The Balaban J connectivity index is 1.29. The molecule has 2 bridgehead atoms. The third-order valence-corrected chi connectivity index (χ3v) is 7.60. The van der Waals surface area contributed by atoms with E-state index in [1.807, 2.05) is 4.68 Å². The second-order valence-electron chi connectivity index (χ2n) is 10.1. The van der Waals surface area contributed by atoms with Crippen LogP contribution in [0.1, 0.15) is 57.1 Å². The van der Waals surface area contributed by atoms with E-state index in [1.54, 1.807) is 6.33 Å². The van der Waals surface area contributed by atoms with Crippen LogP contribution in [0.15, 0.2) is 30.7 Å². The normalized spacial score (nSPS) is 23.9. The fourth-order valence-corrected chi connectivity index (χ4v) is 6.06. The van der Waals surface area contributed by atoms with Gasteiger partial charge in [-0.2, -0.15) is 5.10 Å². The average Bonchev–Trinajstić information content (AvgIpc) is 3.47.